The molecule has 0 amide bonds. The fraction of sp³-hybridized carbons (Fsp3) is 0.750. The highest BCUT2D eigenvalue weighted by Crippen LogP contribution is 2.21. The van der Waals surface area contributed by atoms with Gasteiger partial charge in [-0.15, -0.1) is 11.3 Å². The topological polar surface area (TPSA) is 34.1 Å². The van der Waals surface area contributed by atoms with Gasteiger partial charge in [0.1, 0.15) is 11.6 Å². The third-order valence-electron chi connectivity index (χ3n) is 2.21. The minimum atomic E-state index is -4.29. The minimum Gasteiger partial charge on any atom is -0.365 e. The predicted molar refractivity (Wildman–Crippen MR) is 69.2 cm³/mol. The highest BCUT2D eigenvalue weighted by Gasteiger charge is 2.27. The van der Waals surface area contributed by atoms with Gasteiger partial charge in [0, 0.05) is 17.0 Å². The highest BCUT2D eigenvalue weighted by molar-refractivity contribution is 7.11. The van der Waals surface area contributed by atoms with Crippen LogP contribution in [0.25, 0.3) is 0 Å². The molecule has 0 atom stereocenters. The second-order valence-electron chi connectivity index (χ2n) is 5.33. The molecule has 1 aromatic rings. The molecular formula is C12H19F3N2OS. The lowest BCUT2D eigenvalue weighted by atomic mass is 10.1. The maximum absolute atomic E-state index is 11.9. The van der Waals surface area contributed by atoms with Crippen molar-refractivity contribution in [2.75, 3.05) is 6.61 Å². The molecule has 110 valence electrons. The Bertz CT molecular complexity index is 410. The van der Waals surface area contributed by atoms with Gasteiger partial charge in [-0.3, -0.25) is 0 Å². The van der Waals surface area contributed by atoms with Gasteiger partial charge in [-0.1, -0.05) is 0 Å². The molecule has 0 spiro atoms. The largest absolute Gasteiger partial charge is 0.411 e. The van der Waals surface area contributed by atoms with Crippen molar-refractivity contribution in [2.24, 2.45) is 0 Å². The third kappa shape index (κ3) is 6.89. The molecule has 0 bridgehead atoms. The quantitative estimate of drug-likeness (QED) is 0.904. The normalized spacial score (nSPS) is 13.0. The van der Waals surface area contributed by atoms with E-state index in [4.69, 9.17) is 0 Å². The van der Waals surface area contributed by atoms with Crippen LogP contribution in [0.5, 0.6) is 0 Å². The van der Waals surface area contributed by atoms with Crippen LogP contribution in [0.3, 0.4) is 0 Å². The Hall–Kier alpha value is -0.660. The first-order chi connectivity index (χ1) is 8.57. The first kappa shape index (κ1) is 16.4. The van der Waals surface area contributed by atoms with Crippen LogP contribution in [-0.4, -0.2) is 23.3 Å². The van der Waals surface area contributed by atoms with Crippen molar-refractivity contribution >= 4 is 11.3 Å². The zero-order chi connectivity index (χ0) is 14.7. The van der Waals surface area contributed by atoms with Crippen molar-refractivity contribution in [1.82, 2.24) is 10.3 Å². The van der Waals surface area contributed by atoms with Gasteiger partial charge in [0.15, 0.2) is 0 Å². The highest BCUT2D eigenvalue weighted by atomic mass is 32.1. The van der Waals surface area contributed by atoms with Crippen molar-refractivity contribution in [3.63, 3.8) is 0 Å². The molecule has 7 heteroatoms. The number of aromatic nitrogens is 1. The number of alkyl halides is 3. The van der Waals surface area contributed by atoms with Crippen LogP contribution in [0, 0.1) is 6.92 Å². The Balaban J connectivity index is 2.50. The van der Waals surface area contributed by atoms with Crippen molar-refractivity contribution in [2.45, 2.75) is 52.6 Å². The summed E-state index contributed by atoms with van der Waals surface area (Å²) in [6.45, 7) is 7.33. The van der Waals surface area contributed by atoms with Crippen LogP contribution in [0.1, 0.15) is 36.3 Å². The molecule has 0 radical (unpaired) electrons. The SMILES string of the molecule is Cc1nc(COCC(F)(F)F)sc1CNC(C)(C)C. The zero-order valence-electron chi connectivity index (χ0n) is 11.5. The summed E-state index contributed by atoms with van der Waals surface area (Å²) in [5.41, 5.74) is 0.830. The zero-order valence-corrected chi connectivity index (χ0v) is 12.3. The molecular weight excluding hydrogens is 277 g/mol. The average Bonchev–Trinajstić information content (AvgIpc) is 2.53. The molecule has 1 N–H and O–H groups in total. The number of aryl methyl sites for hydroxylation is 1. The molecule has 0 aliphatic rings. The Kier molecular flexibility index (Phi) is 5.34. The molecule has 0 aliphatic carbocycles. The monoisotopic (exact) mass is 296 g/mol. The van der Waals surface area contributed by atoms with Crippen molar-refractivity contribution < 1.29 is 17.9 Å². The number of hydrogen-bond donors (Lipinski definition) is 1. The summed E-state index contributed by atoms with van der Waals surface area (Å²) in [5.74, 6) is 0. The Labute approximate surface area is 115 Å². The molecule has 1 heterocycles. The lowest BCUT2D eigenvalue weighted by Crippen LogP contribution is -2.34. The van der Waals surface area contributed by atoms with E-state index in [1.807, 2.05) is 6.92 Å². The van der Waals surface area contributed by atoms with Crippen molar-refractivity contribution in [3.8, 4) is 0 Å². The van der Waals surface area contributed by atoms with E-state index in [-0.39, 0.29) is 12.1 Å². The molecule has 3 nitrogen and oxygen atoms in total. The predicted octanol–water partition coefficient (Wildman–Crippen LogP) is 3.42. The Morgan fingerprint density at radius 2 is 1.89 bits per heavy atom. The van der Waals surface area contributed by atoms with E-state index in [1.54, 1.807) is 0 Å². The average molecular weight is 296 g/mol. The van der Waals surface area contributed by atoms with Gasteiger partial charge < -0.3 is 10.1 Å². The molecule has 0 unspecified atom stereocenters. The molecule has 0 aliphatic heterocycles. The lowest BCUT2D eigenvalue weighted by Gasteiger charge is -2.19. The summed E-state index contributed by atoms with van der Waals surface area (Å²) in [6, 6.07) is 0. The van der Waals surface area contributed by atoms with Crippen LogP contribution >= 0.6 is 11.3 Å². The number of thiazole rings is 1. The van der Waals surface area contributed by atoms with Crippen LogP contribution in [0.15, 0.2) is 0 Å². The van der Waals surface area contributed by atoms with Gasteiger partial charge in [0.25, 0.3) is 0 Å². The van der Waals surface area contributed by atoms with Crippen molar-refractivity contribution in [3.05, 3.63) is 15.6 Å². The summed E-state index contributed by atoms with van der Waals surface area (Å²) >= 11 is 1.38. The minimum absolute atomic E-state index is 0.0105. The number of halogens is 3. The lowest BCUT2D eigenvalue weighted by molar-refractivity contribution is -0.176. The smallest absolute Gasteiger partial charge is 0.365 e. The van der Waals surface area contributed by atoms with E-state index < -0.39 is 12.8 Å². The van der Waals surface area contributed by atoms with Crippen LogP contribution in [0.4, 0.5) is 13.2 Å². The summed E-state index contributed by atoms with van der Waals surface area (Å²) < 4.78 is 40.4. The molecule has 19 heavy (non-hydrogen) atoms. The molecule has 0 fully saturated rings. The van der Waals surface area contributed by atoms with E-state index >= 15 is 0 Å². The molecule has 0 aromatic carbocycles. The number of rotatable bonds is 5. The fourth-order valence-corrected chi connectivity index (χ4v) is 2.26. The summed E-state index contributed by atoms with van der Waals surface area (Å²) in [5, 5.41) is 3.90. The number of nitrogens with one attached hydrogen (secondary N) is 1. The second kappa shape index (κ2) is 6.19. The molecule has 1 rings (SSSR count). The van der Waals surface area contributed by atoms with Gasteiger partial charge >= 0.3 is 6.18 Å². The summed E-state index contributed by atoms with van der Waals surface area (Å²) in [6.07, 6.45) is -4.29. The first-order valence-electron chi connectivity index (χ1n) is 5.91. The Morgan fingerprint density at radius 1 is 1.26 bits per heavy atom. The fourth-order valence-electron chi connectivity index (χ4n) is 1.31. The van der Waals surface area contributed by atoms with Gasteiger partial charge in [0.05, 0.1) is 12.3 Å². The van der Waals surface area contributed by atoms with E-state index in [0.717, 1.165) is 10.6 Å². The molecule has 1 aromatic heterocycles. The van der Waals surface area contributed by atoms with E-state index in [9.17, 15) is 13.2 Å². The van der Waals surface area contributed by atoms with Crippen LogP contribution in [-0.2, 0) is 17.9 Å². The van der Waals surface area contributed by atoms with Crippen LogP contribution in [0.2, 0.25) is 0 Å². The van der Waals surface area contributed by atoms with Crippen molar-refractivity contribution in [1.29, 1.82) is 0 Å². The second-order valence-corrected chi connectivity index (χ2v) is 6.50. The molecule has 0 saturated heterocycles. The first-order valence-corrected chi connectivity index (χ1v) is 6.73. The van der Waals surface area contributed by atoms with Gasteiger partial charge in [0.2, 0.25) is 0 Å². The van der Waals surface area contributed by atoms with Gasteiger partial charge in [-0.05, 0) is 27.7 Å². The summed E-state index contributed by atoms with van der Waals surface area (Å²) in [7, 11) is 0. The van der Waals surface area contributed by atoms with E-state index in [0.29, 0.717) is 11.6 Å². The maximum atomic E-state index is 11.9. The van der Waals surface area contributed by atoms with Gasteiger partial charge in [-0.2, -0.15) is 13.2 Å². The third-order valence-corrected chi connectivity index (χ3v) is 3.34. The Morgan fingerprint density at radius 3 is 2.42 bits per heavy atom. The van der Waals surface area contributed by atoms with E-state index in [2.05, 4.69) is 35.8 Å². The number of ether oxygens (including phenoxy) is 1. The standard InChI is InChI=1S/C12H19F3N2OS/c1-8-9(5-16-11(2,3)4)19-10(17-8)6-18-7-12(13,14)15/h16H,5-7H2,1-4H3. The van der Waals surface area contributed by atoms with Crippen LogP contribution < -0.4 is 5.32 Å². The molecule has 0 saturated carbocycles. The van der Waals surface area contributed by atoms with Gasteiger partial charge in [-0.25, -0.2) is 4.98 Å². The van der Waals surface area contributed by atoms with E-state index in [1.165, 1.54) is 11.3 Å². The number of hydrogen-bond acceptors (Lipinski definition) is 4. The number of nitrogens with zero attached hydrogens (tertiary/aromatic N) is 1. The maximum Gasteiger partial charge on any atom is 0.411 e. The summed E-state index contributed by atoms with van der Waals surface area (Å²) in [4.78, 5) is 5.25.